The number of sulfonamides is 1. The van der Waals surface area contributed by atoms with Gasteiger partial charge in [0.05, 0.1) is 50.5 Å². The number of piperidine rings is 1. The summed E-state index contributed by atoms with van der Waals surface area (Å²) in [7, 11) is -1.83. The van der Waals surface area contributed by atoms with Crippen molar-refractivity contribution in [2.24, 2.45) is 0 Å². The molecular weight excluding hydrogens is 692 g/mol. The van der Waals surface area contributed by atoms with Crippen LogP contribution >= 0.6 is 11.8 Å². The third-order valence-electron chi connectivity index (χ3n) is 9.92. The van der Waals surface area contributed by atoms with E-state index in [1.807, 2.05) is 18.2 Å². The van der Waals surface area contributed by atoms with Gasteiger partial charge in [-0.3, -0.25) is 9.58 Å². The van der Waals surface area contributed by atoms with Gasteiger partial charge in [-0.2, -0.15) is 22.6 Å². The van der Waals surface area contributed by atoms with Crippen LogP contribution in [0.15, 0.2) is 47.4 Å². The number of aliphatic hydroxyl groups excluding tert-OH is 1. The lowest BCUT2D eigenvalue weighted by molar-refractivity contribution is -0.139. The smallest absolute Gasteiger partial charge is 0.417 e. The van der Waals surface area contributed by atoms with Crippen LogP contribution in [-0.2, 0) is 40.4 Å². The van der Waals surface area contributed by atoms with Crippen LogP contribution in [0.2, 0.25) is 0 Å². The number of thioether (sulfide) groups is 1. The number of halogens is 3. The van der Waals surface area contributed by atoms with Crippen molar-refractivity contribution in [2.45, 2.75) is 55.4 Å². The summed E-state index contributed by atoms with van der Waals surface area (Å²) in [6.45, 7) is 5.98. The zero-order valence-corrected chi connectivity index (χ0v) is 30.2. The molecule has 1 unspecified atom stereocenters. The van der Waals surface area contributed by atoms with Crippen LogP contribution in [0, 0.1) is 0 Å². The maximum atomic E-state index is 14.1. The number of morpholine rings is 1. The number of aromatic nitrogens is 2. The molecule has 0 radical (unpaired) electrons. The largest absolute Gasteiger partial charge is 0.496 e. The van der Waals surface area contributed by atoms with E-state index < -0.39 is 27.9 Å². The molecule has 2 fully saturated rings. The van der Waals surface area contributed by atoms with E-state index in [2.05, 4.69) is 15.9 Å². The van der Waals surface area contributed by atoms with E-state index in [0.29, 0.717) is 61.2 Å². The maximum Gasteiger partial charge on any atom is 0.417 e. The van der Waals surface area contributed by atoms with Crippen LogP contribution in [0.3, 0.4) is 0 Å². The lowest BCUT2D eigenvalue weighted by atomic mass is 9.88. The number of hydrogen-bond donors (Lipinski definition) is 1. The highest BCUT2D eigenvalue weighted by Crippen LogP contribution is 2.40. The van der Waals surface area contributed by atoms with E-state index in [1.165, 1.54) is 22.0 Å². The topological polar surface area (TPSA) is 100 Å². The highest BCUT2D eigenvalue weighted by atomic mass is 32.2. The highest BCUT2D eigenvalue weighted by Gasteiger charge is 2.35. The molecule has 0 aliphatic carbocycles. The molecule has 0 amide bonds. The monoisotopic (exact) mass is 737 g/mol. The number of benzene rings is 2. The molecule has 0 saturated carbocycles. The van der Waals surface area contributed by atoms with Gasteiger partial charge >= 0.3 is 6.18 Å². The molecule has 3 aromatic rings. The summed E-state index contributed by atoms with van der Waals surface area (Å²) in [5.41, 5.74) is 2.90. The summed E-state index contributed by atoms with van der Waals surface area (Å²) in [6, 6.07) is 12.1. The number of β-amino-alcohol motifs (C(OH)–C–C–N with tert-alkyl or cyclic N) is 1. The standard InChI is InChI=1S/C35H46F3N5O5S2/c1-47-32-6-4-3-5-28(32)25-9-12-41(13-10-25)22-27(44)23-43-31-11-14-42(50(2,45)46)24-29(31)34(39-43)26-7-8-30(35(36,37)38)33(21-26)49-20-17-40-15-18-48-19-16-40/h3-8,21,25,27,44H,9-20,22-24H2,1-2H3. The van der Waals surface area contributed by atoms with Crippen LogP contribution in [0.5, 0.6) is 5.75 Å². The minimum absolute atomic E-state index is 0.0661. The second kappa shape index (κ2) is 15.9. The molecule has 2 aromatic carbocycles. The molecule has 6 rings (SSSR count). The summed E-state index contributed by atoms with van der Waals surface area (Å²) in [6.07, 6.45) is -1.86. The number of rotatable bonds is 12. The zero-order valence-electron chi connectivity index (χ0n) is 28.6. The van der Waals surface area contributed by atoms with Crippen molar-refractivity contribution in [3.05, 3.63) is 64.8 Å². The van der Waals surface area contributed by atoms with Gasteiger partial charge in [-0.05, 0) is 55.6 Å². The molecule has 3 aliphatic rings. The number of hydrogen-bond acceptors (Lipinski definition) is 9. The van der Waals surface area contributed by atoms with E-state index in [0.717, 1.165) is 74.5 Å². The van der Waals surface area contributed by atoms with Crippen LogP contribution in [0.4, 0.5) is 13.2 Å². The van der Waals surface area contributed by atoms with Gasteiger partial charge < -0.3 is 19.5 Å². The molecule has 1 atom stereocenters. The Bertz CT molecular complexity index is 1720. The number of nitrogens with zero attached hydrogens (tertiary/aromatic N) is 5. The number of aliphatic hydroxyl groups is 1. The van der Waals surface area contributed by atoms with Crippen LogP contribution in [0.25, 0.3) is 11.3 Å². The van der Waals surface area contributed by atoms with Crippen molar-refractivity contribution in [1.29, 1.82) is 0 Å². The Hall–Kier alpha value is -2.66. The van der Waals surface area contributed by atoms with Crippen LogP contribution in [0.1, 0.15) is 41.1 Å². The van der Waals surface area contributed by atoms with Crippen molar-refractivity contribution in [3.8, 4) is 17.0 Å². The van der Waals surface area contributed by atoms with E-state index in [1.54, 1.807) is 11.8 Å². The summed E-state index contributed by atoms with van der Waals surface area (Å²) < 4.78 is 81.6. The molecule has 50 heavy (non-hydrogen) atoms. The minimum atomic E-state index is -4.53. The van der Waals surface area contributed by atoms with Gasteiger partial charge in [0.2, 0.25) is 10.0 Å². The summed E-state index contributed by atoms with van der Waals surface area (Å²) in [5.74, 6) is 1.75. The predicted octanol–water partition coefficient (Wildman–Crippen LogP) is 4.56. The van der Waals surface area contributed by atoms with Gasteiger partial charge in [-0.1, -0.05) is 24.3 Å². The molecule has 274 valence electrons. The minimum Gasteiger partial charge on any atom is -0.496 e. The number of alkyl halides is 3. The van der Waals surface area contributed by atoms with Crippen molar-refractivity contribution in [3.63, 3.8) is 0 Å². The van der Waals surface area contributed by atoms with Gasteiger partial charge in [-0.15, -0.1) is 11.8 Å². The molecular formula is C35H46F3N5O5S2. The molecule has 1 aromatic heterocycles. The first kappa shape index (κ1) is 37.1. The number of fused-ring (bicyclic) bond motifs is 1. The van der Waals surface area contributed by atoms with Gasteiger partial charge in [0.1, 0.15) is 5.75 Å². The van der Waals surface area contributed by atoms with E-state index in [-0.39, 0.29) is 24.5 Å². The fourth-order valence-electron chi connectivity index (χ4n) is 7.25. The van der Waals surface area contributed by atoms with Crippen molar-refractivity contribution in [1.82, 2.24) is 23.9 Å². The van der Waals surface area contributed by atoms with E-state index in [4.69, 9.17) is 14.6 Å². The first-order chi connectivity index (χ1) is 23.9. The Morgan fingerprint density at radius 2 is 1.78 bits per heavy atom. The Kier molecular flexibility index (Phi) is 11.8. The molecule has 0 bridgehead atoms. The third kappa shape index (κ3) is 8.85. The van der Waals surface area contributed by atoms with Crippen LogP contribution < -0.4 is 4.74 Å². The van der Waals surface area contributed by atoms with Gasteiger partial charge in [-0.25, -0.2) is 8.42 Å². The molecule has 2 saturated heterocycles. The summed E-state index contributed by atoms with van der Waals surface area (Å²) >= 11 is 1.16. The Morgan fingerprint density at radius 3 is 2.48 bits per heavy atom. The zero-order chi connectivity index (χ0) is 35.5. The van der Waals surface area contributed by atoms with E-state index >= 15 is 0 Å². The molecule has 0 spiro atoms. The molecule has 4 heterocycles. The molecule has 10 nitrogen and oxygen atoms in total. The molecule has 1 N–H and O–H groups in total. The Morgan fingerprint density at radius 1 is 1.04 bits per heavy atom. The fourth-order valence-corrected chi connectivity index (χ4v) is 9.16. The maximum absolute atomic E-state index is 14.1. The number of para-hydroxylation sites is 1. The first-order valence-corrected chi connectivity index (χ1v) is 20.0. The van der Waals surface area contributed by atoms with Crippen molar-refractivity contribution >= 4 is 21.8 Å². The Balaban J connectivity index is 1.20. The third-order valence-corrected chi connectivity index (χ3v) is 12.2. The molecule has 15 heteroatoms. The molecule has 3 aliphatic heterocycles. The fraction of sp³-hybridized carbons (Fsp3) is 0.571. The normalized spacial score (nSPS) is 19.4. The predicted molar refractivity (Wildman–Crippen MR) is 187 cm³/mol. The highest BCUT2D eigenvalue weighted by molar-refractivity contribution is 7.99. The lowest BCUT2D eigenvalue weighted by Crippen LogP contribution is -2.40. The first-order valence-electron chi connectivity index (χ1n) is 17.1. The second-order valence-corrected chi connectivity index (χ2v) is 16.4. The summed E-state index contributed by atoms with van der Waals surface area (Å²) in [4.78, 5) is 4.54. The van der Waals surface area contributed by atoms with E-state index in [9.17, 15) is 26.7 Å². The average molecular weight is 738 g/mol. The van der Waals surface area contributed by atoms with Gasteiger partial charge in [0, 0.05) is 73.2 Å². The number of likely N-dealkylation sites (tertiary alicyclic amines) is 1. The number of ether oxygens (including phenoxy) is 2. The van der Waals surface area contributed by atoms with Gasteiger partial charge in [0.15, 0.2) is 0 Å². The van der Waals surface area contributed by atoms with Crippen molar-refractivity contribution in [2.75, 3.05) is 78.1 Å². The summed E-state index contributed by atoms with van der Waals surface area (Å²) in [5, 5.41) is 16.1. The SMILES string of the molecule is COc1ccccc1C1CCN(CC(O)Cn2nc(-c3ccc(C(F)(F)F)c(SCCN4CCOCC4)c3)c3c2CCN(S(C)(=O)=O)C3)CC1. The average Bonchev–Trinajstić information content (AvgIpc) is 3.45. The second-order valence-electron chi connectivity index (χ2n) is 13.3. The van der Waals surface area contributed by atoms with Gasteiger partial charge in [0.25, 0.3) is 0 Å². The lowest BCUT2D eigenvalue weighted by Gasteiger charge is -2.34. The Labute approximate surface area is 296 Å². The van der Waals surface area contributed by atoms with Crippen LogP contribution in [-0.4, -0.2) is 122 Å². The quantitative estimate of drug-likeness (QED) is 0.269. The van der Waals surface area contributed by atoms with Crippen molar-refractivity contribution < 1.29 is 36.2 Å². The number of methoxy groups -OCH3 is 1.